The van der Waals surface area contributed by atoms with Gasteiger partial charge < -0.3 is 10.2 Å². The molecule has 0 atom stereocenters. The molecule has 1 aromatic rings. The summed E-state index contributed by atoms with van der Waals surface area (Å²) in [5, 5.41) is 0. The highest BCUT2D eigenvalue weighted by Crippen LogP contribution is 2.20. The Morgan fingerprint density at radius 3 is 2.81 bits per heavy atom. The van der Waals surface area contributed by atoms with Gasteiger partial charge in [0, 0.05) is 11.6 Å². The number of benzene rings is 1. The molecule has 0 spiro atoms. The van der Waals surface area contributed by atoms with Crippen LogP contribution in [-0.4, -0.2) is 11.9 Å². The molecule has 0 saturated heterocycles. The van der Waals surface area contributed by atoms with E-state index in [4.69, 9.17) is 10.6 Å². The summed E-state index contributed by atoms with van der Waals surface area (Å²) in [5.41, 5.74) is 6.14. The minimum absolute atomic E-state index is 0.218. The number of ether oxygens (including phenoxy) is 1. The van der Waals surface area contributed by atoms with Gasteiger partial charge in [0.15, 0.2) is 0 Å². The lowest BCUT2D eigenvalue weighted by molar-refractivity contribution is 0.134. The van der Waals surface area contributed by atoms with Crippen LogP contribution in [0.3, 0.4) is 0 Å². The van der Waals surface area contributed by atoms with E-state index in [1.807, 2.05) is 19.9 Å². The van der Waals surface area contributed by atoms with Crippen LogP contribution in [0.5, 0.6) is 0 Å². The van der Waals surface area contributed by atoms with Crippen molar-refractivity contribution in [2.24, 2.45) is 10.8 Å². The Hall–Kier alpha value is -1.39. The van der Waals surface area contributed by atoms with Gasteiger partial charge in [-0.2, -0.15) is 0 Å². The Balaban J connectivity index is 2.33. The standard InChI is InChI=1S/C12H17N3O/c1-8(2)14-12(15-13)9-3-4-10-6-16-7-11(10)5-9/h3-5,8H,6-7,13H2,1-2H3,(H,14,15). The van der Waals surface area contributed by atoms with E-state index < -0.39 is 0 Å². The molecule has 4 heteroatoms. The quantitative estimate of drug-likeness (QED) is 0.341. The van der Waals surface area contributed by atoms with Gasteiger partial charge in [-0.1, -0.05) is 12.1 Å². The van der Waals surface area contributed by atoms with E-state index in [1.54, 1.807) is 0 Å². The predicted octanol–water partition coefficient (Wildman–Crippen LogP) is 1.34. The Labute approximate surface area is 95.5 Å². The van der Waals surface area contributed by atoms with E-state index in [-0.39, 0.29) is 6.04 Å². The van der Waals surface area contributed by atoms with Crippen LogP contribution in [-0.2, 0) is 18.0 Å². The van der Waals surface area contributed by atoms with Gasteiger partial charge in [0.1, 0.15) is 5.84 Å². The zero-order valence-corrected chi connectivity index (χ0v) is 9.66. The number of amidine groups is 1. The summed E-state index contributed by atoms with van der Waals surface area (Å²) in [6.45, 7) is 5.44. The van der Waals surface area contributed by atoms with Gasteiger partial charge in [-0.3, -0.25) is 4.99 Å². The number of fused-ring (bicyclic) bond motifs is 1. The van der Waals surface area contributed by atoms with Gasteiger partial charge >= 0.3 is 0 Å². The molecular formula is C12H17N3O. The molecule has 2 rings (SSSR count). The molecule has 0 fully saturated rings. The van der Waals surface area contributed by atoms with Crippen molar-refractivity contribution in [1.29, 1.82) is 0 Å². The molecule has 0 aliphatic carbocycles. The molecule has 0 saturated carbocycles. The third-order valence-corrected chi connectivity index (χ3v) is 2.52. The normalized spacial score (nSPS) is 15.4. The van der Waals surface area contributed by atoms with Crippen molar-refractivity contribution in [2.75, 3.05) is 0 Å². The second-order valence-electron chi connectivity index (χ2n) is 4.19. The molecule has 1 aliphatic rings. The first kappa shape index (κ1) is 11.1. The number of rotatable bonds is 2. The second kappa shape index (κ2) is 4.63. The van der Waals surface area contributed by atoms with Gasteiger partial charge in [0.05, 0.1) is 13.2 Å². The van der Waals surface area contributed by atoms with Crippen molar-refractivity contribution in [3.63, 3.8) is 0 Å². The van der Waals surface area contributed by atoms with Crippen LogP contribution in [0, 0.1) is 0 Å². The Kier molecular flexibility index (Phi) is 3.22. The van der Waals surface area contributed by atoms with Crippen molar-refractivity contribution in [1.82, 2.24) is 5.43 Å². The van der Waals surface area contributed by atoms with E-state index in [9.17, 15) is 0 Å². The first-order valence-corrected chi connectivity index (χ1v) is 5.45. The lowest BCUT2D eigenvalue weighted by Gasteiger charge is -2.09. The third kappa shape index (κ3) is 2.23. The highest BCUT2D eigenvalue weighted by molar-refractivity contribution is 5.98. The third-order valence-electron chi connectivity index (χ3n) is 2.52. The molecule has 0 aromatic heterocycles. The van der Waals surface area contributed by atoms with Crippen LogP contribution in [0.2, 0.25) is 0 Å². The summed E-state index contributed by atoms with van der Waals surface area (Å²) >= 11 is 0. The zero-order valence-electron chi connectivity index (χ0n) is 9.66. The number of nitrogens with one attached hydrogen (secondary N) is 1. The fraction of sp³-hybridized carbons (Fsp3) is 0.417. The predicted molar refractivity (Wildman–Crippen MR) is 63.9 cm³/mol. The summed E-state index contributed by atoms with van der Waals surface area (Å²) in [6.07, 6.45) is 0. The molecule has 0 amide bonds. The van der Waals surface area contributed by atoms with Crippen LogP contribution in [0.1, 0.15) is 30.5 Å². The van der Waals surface area contributed by atoms with Crippen molar-refractivity contribution < 1.29 is 4.74 Å². The van der Waals surface area contributed by atoms with Crippen LogP contribution in [0.15, 0.2) is 23.2 Å². The van der Waals surface area contributed by atoms with Crippen LogP contribution in [0.4, 0.5) is 0 Å². The largest absolute Gasteiger partial charge is 0.372 e. The molecule has 1 aromatic carbocycles. The monoisotopic (exact) mass is 219 g/mol. The molecule has 86 valence electrons. The van der Waals surface area contributed by atoms with Crippen LogP contribution >= 0.6 is 0 Å². The highest BCUT2D eigenvalue weighted by Gasteiger charge is 2.13. The average Bonchev–Trinajstić information content (AvgIpc) is 2.72. The smallest absolute Gasteiger partial charge is 0.142 e. The number of hydrogen-bond acceptors (Lipinski definition) is 3. The molecule has 1 aliphatic heterocycles. The van der Waals surface area contributed by atoms with Crippen LogP contribution in [0.25, 0.3) is 0 Å². The van der Waals surface area contributed by atoms with Gasteiger partial charge in [-0.25, -0.2) is 5.84 Å². The summed E-state index contributed by atoms with van der Waals surface area (Å²) in [7, 11) is 0. The Bertz CT molecular complexity index is 413. The minimum atomic E-state index is 0.218. The van der Waals surface area contributed by atoms with Gasteiger partial charge in [-0.05, 0) is 31.0 Å². The maximum Gasteiger partial charge on any atom is 0.142 e. The van der Waals surface area contributed by atoms with E-state index in [1.165, 1.54) is 11.1 Å². The first-order valence-electron chi connectivity index (χ1n) is 5.45. The Morgan fingerprint density at radius 2 is 2.12 bits per heavy atom. The number of hydrazine groups is 1. The lowest BCUT2D eigenvalue weighted by Crippen LogP contribution is -2.32. The van der Waals surface area contributed by atoms with Gasteiger partial charge in [0.2, 0.25) is 0 Å². The number of nitrogens with two attached hydrogens (primary N) is 1. The van der Waals surface area contributed by atoms with E-state index in [0.29, 0.717) is 13.2 Å². The molecule has 0 bridgehead atoms. The number of aliphatic imine (C=N–C) groups is 1. The summed E-state index contributed by atoms with van der Waals surface area (Å²) < 4.78 is 5.37. The second-order valence-corrected chi connectivity index (χ2v) is 4.19. The van der Waals surface area contributed by atoms with E-state index >= 15 is 0 Å². The fourth-order valence-electron chi connectivity index (χ4n) is 1.77. The number of hydrogen-bond donors (Lipinski definition) is 2. The van der Waals surface area contributed by atoms with Crippen molar-refractivity contribution in [3.05, 3.63) is 34.9 Å². The van der Waals surface area contributed by atoms with Gasteiger partial charge in [-0.15, -0.1) is 0 Å². The lowest BCUT2D eigenvalue weighted by atomic mass is 10.1. The van der Waals surface area contributed by atoms with Crippen molar-refractivity contribution >= 4 is 5.84 Å². The summed E-state index contributed by atoms with van der Waals surface area (Å²) in [6, 6.07) is 6.40. The SMILES string of the molecule is CC(C)N=C(NN)c1ccc2c(c1)COC2. The maximum absolute atomic E-state index is 5.49. The maximum atomic E-state index is 5.49. The van der Waals surface area contributed by atoms with Crippen LogP contribution < -0.4 is 11.3 Å². The van der Waals surface area contributed by atoms with Crippen molar-refractivity contribution in [3.8, 4) is 0 Å². The molecule has 1 heterocycles. The molecule has 0 radical (unpaired) electrons. The molecule has 16 heavy (non-hydrogen) atoms. The first-order chi connectivity index (χ1) is 7.70. The molecule has 3 N–H and O–H groups in total. The number of nitrogens with zero attached hydrogens (tertiary/aromatic N) is 1. The summed E-state index contributed by atoms with van der Waals surface area (Å²) in [4.78, 5) is 4.43. The molecule has 0 unspecified atom stereocenters. The fourth-order valence-corrected chi connectivity index (χ4v) is 1.77. The van der Waals surface area contributed by atoms with Crippen molar-refractivity contribution in [2.45, 2.75) is 33.1 Å². The molecular weight excluding hydrogens is 202 g/mol. The molecule has 4 nitrogen and oxygen atoms in total. The topological polar surface area (TPSA) is 59.6 Å². The average molecular weight is 219 g/mol. The van der Waals surface area contributed by atoms with Gasteiger partial charge in [0.25, 0.3) is 0 Å². The highest BCUT2D eigenvalue weighted by atomic mass is 16.5. The zero-order chi connectivity index (χ0) is 11.5. The Morgan fingerprint density at radius 1 is 1.38 bits per heavy atom. The van der Waals surface area contributed by atoms with E-state index in [0.717, 1.165) is 11.4 Å². The van der Waals surface area contributed by atoms with E-state index in [2.05, 4.69) is 22.6 Å². The summed E-state index contributed by atoms with van der Waals surface area (Å²) in [5.74, 6) is 6.21. The minimum Gasteiger partial charge on any atom is -0.372 e.